The molecule has 1 fully saturated rings. The van der Waals surface area contributed by atoms with Gasteiger partial charge in [-0.05, 0) is 56.9 Å². The maximum absolute atomic E-state index is 12.8. The lowest BCUT2D eigenvalue weighted by Crippen LogP contribution is -2.37. The molecule has 1 aromatic carbocycles. The largest absolute Gasteiger partial charge is 0.450 e. The smallest absolute Gasteiger partial charge is 0.409 e. The Labute approximate surface area is 138 Å². The molecule has 2 rings (SSSR count). The van der Waals surface area contributed by atoms with Crippen LogP contribution in [-0.4, -0.2) is 54.6 Å². The first kappa shape index (κ1) is 17.3. The molecule has 2 amide bonds. The minimum absolute atomic E-state index is 0.0521. The summed E-state index contributed by atoms with van der Waals surface area (Å²) in [6, 6.07) is 4.03. The van der Waals surface area contributed by atoms with E-state index in [-0.39, 0.29) is 12.0 Å². The third kappa shape index (κ3) is 4.03. The van der Waals surface area contributed by atoms with Gasteiger partial charge in [0.25, 0.3) is 5.91 Å². The van der Waals surface area contributed by atoms with E-state index in [0.717, 1.165) is 23.1 Å². The van der Waals surface area contributed by atoms with Crippen molar-refractivity contribution in [2.24, 2.45) is 0 Å². The first-order valence-corrected chi connectivity index (χ1v) is 8.22. The van der Waals surface area contributed by atoms with E-state index in [1.165, 1.54) is 5.56 Å². The van der Waals surface area contributed by atoms with E-state index in [2.05, 4.69) is 13.0 Å². The molecule has 5 heteroatoms. The molecule has 1 heterocycles. The van der Waals surface area contributed by atoms with Crippen LogP contribution in [0.5, 0.6) is 0 Å². The van der Waals surface area contributed by atoms with Gasteiger partial charge in [0, 0.05) is 31.7 Å². The fraction of sp³-hybridized carbons (Fsp3) is 0.556. The van der Waals surface area contributed by atoms with Crippen molar-refractivity contribution >= 4 is 12.0 Å². The highest BCUT2D eigenvalue weighted by Gasteiger charge is 2.24. The number of amides is 2. The van der Waals surface area contributed by atoms with Gasteiger partial charge in [-0.15, -0.1) is 0 Å². The Balaban J connectivity index is 2.09. The summed E-state index contributed by atoms with van der Waals surface area (Å²) >= 11 is 0. The average Bonchev–Trinajstić information content (AvgIpc) is 2.76. The third-order valence-electron chi connectivity index (χ3n) is 4.38. The van der Waals surface area contributed by atoms with Gasteiger partial charge in [0.15, 0.2) is 0 Å². The molecule has 0 atom stereocenters. The fourth-order valence-corrected chi connectivity index (χ4v) is 2.88. The van der Waals surface area contributed by atoms with E-state index >= 15 is 0 Å². The summed E-state index contributed by atoms with van der Waals surface area (Å²) in [4.78, 5) is 28.2. The van der Waals surface area contributed by atoms with Crippen LogP contribution in [0.4, 0.5) is 4.79 Å². The zero-order chi connectivity index (χ0) is 17.0. The van der Waals surface area contributed by atoms with E-state index in [4.69, 9.17) is 4.74 Å². The van der Waals surface area contributed by atoms with Crippen LogP contribution in [0.1, 0.15) is 40.4 Å². The van der Waals surface area contributed by atoms with E-state index in [0.29, 0.717) is 32.8 Å². The molecule has 126 valence electrons. The van der Waals surface area contributed by atoms with Crippen LogP contribution >= 0.6 is 0 Å². The van der Waals surface area contributed by atoms with Gasteiger partial charge in [0.1, 0.15) is 0 Å². The maximum Gasteiger partial charge on any atom is 0.409 e. The van der Waals surface area contributed by atoms with Crippen LogP contribution in [0, 0.1) is 20.8 Å². The number of hydrogen-bond acceptors (Lipinski definition) is 3. The van der Waals surface area contributed by atoms with Crippen LogP contribution in [-0.2, 0) is 4.74 Å². The molecule has 5 nitrogen and oxygen atoms in total. The number of carbonyl (C=O) groups excluding carboxylic acids is 2. The Kier molecular flexibility index (Phi) is 5.64. The maximum atomic E-state index is 12.8. The normalized spacial score (nSPS) is 15.3. The summed E-state index contributed by atoms with van der Waals surface area (Å²) in [6.45, 7) is 10.6. The van der Waals surface area contributed by atoms with Gasteiger partial charge >= 0.3 is 6.09 Å². The van der Waals surface area contributed by atoms with Crippen molar-refractivity contribution < 1.29 is 14.3 Å². The summed E-state index contributed by atoms with van der Waals surface area (Å²) in [7, 11) is 0. The SMILES string of the molecule is CCOC(=O)N1CCCN(C(=O)c2cc(C)c(C)cc2C)CC1. The molecule has 0 radical (unpaired) electrons. The predicted octanol–water partition coefficient (Wildman–Crippen LogP) is 2.92. The van der Waals surface area contributed by atoms with Crippen molar-refractivity contribution in [2.75, 3.05) is 32.8 Å². The molecule has 23 heavy (non-hydrogen) atoms. The molecule has 0 aliphatic carbocycles. The molecule has 0 unspecified atom stereocenters. The summed E-state index contributed by atoms with van der Waals surface area (Å²) in [6.07, 6.45) is 0.484. The Bertz CT molecular complexity index is 598. The number of benzene rings is 1. The topological polar surface area (TPSA) is 49.9 Å². The van der Waals surface area contributed by atoms with E-state index < -0.39 is 0 Å². The molecule has 0 saturated carbocycles. The zero-order valence-electron chi connectivity index (χ0n) is 14.5. The monoisotopic (exact) mass is 318 g/mol. The van der Waals surface area contributed by atoms with Gasteiger partial charge in [-0.25, -0.2) is 4.79 Å². The van der Waals surface area contributed by atoms with Crippen molar-refractivity contribution in [1.29, 1.82) is 0 Å². The van der Waals surface area contributed by atoms with Gasteiger partial charge in [-0.1, -0.05) is 6.07 Å². The number of aryl methyl sites for hydroxylation is 3. The zero-order valence-corrected chi connectivity index (χ0v) is 14.5. The second-order valence-electron chi connectivity index (χ2n) is 6.08. The van der Waals surface area contributed by atoms with Crippen LogP contribution in [0.15, 0.2) is 12.1 Å². The Morgan fingerprint density at radius 3 is 2.26 bits per heavy atom. The van der Waals surface area contributed by atoms with Gasteiger partial charge in [0.2, 0.25) is 0 Å². The van der Waals surface area contributed by atoms with Gasteiger partial charge < -0.3 is 14.5 Å². The first-order chi connectivity index (χ1) is 10.9. The highest BCUT2D eigenvalue weighted by Crippen LogP contribution is 2.18. The second-order valence-corrected chi connectivity index (χ2v) is 6.08. The van der Waals surface area contributed by atoms with Crippen molar-refractivity contribution in [1.82, 2.24) is 9.80 Å². The number of nitrogens with zero attached hydrogens (tertiary/aromatic N) is 2. The van der Waals surface area contributed by atoms with E-state index in [1.807, 2.05) is 24.8 Å². The fourth-order valence-electron chi connectivity index (χ4n) is 2.88. The van der Waals surface area contributed by atoms with Gasteiger partial charge in [-0.2, -0.15) is 0 Å². The summed E-state index contributed by atoms with van der Waals surface area (Å²) in [5, 5.41) is 0. The van der Waals surface area contributed by atoms with Crippen molar-refractivity contribution in [3.05, 3.63) is 34.4 Å². The highest BCUT2D eigenvalue weighted by molar-refractivity contribution is 5.96. The molecule has 0 N–H and O–H groups in total. The minimum atomic E-state index is -0.288. The van der Waals surface area contributed by atoms with E-state index in [9.17, 15) is 9.59 Å². The Hall–Kier alpha value is -2.04. The standard InChI is InChI=1S/C18H26N2O3/c1-5-23-18(22)20-8-6-7-19(9-10-20)17(21)16-12-14(3)13(2)11-15(16)4/h11-12H,5-10H2,1-4H3. The molecule has 1 aliphatic heterocycles. The second kappa shape index (κ2) is 7.49. The molecule has 0 aromatic heterocycles. The molecular weight excluding hydrogens is 292 g/mol. The van der Waals surface area contributed by atoms with Crippen LogP contribution < -0.4 is 0 Å². The average molecular weight is 318 g/mol. The minimum Gasteiger partial charge on any atom is -0.450 e. The van der Waals surface area contributed by atoms with Crippen LogP contribution in [0.2, 0.25) is 0 Å². The van der Waals surface area contributed by atoms with E-state index in [1.54, 1.807) is 11.8 Å². The third-order valence-corrected chi connectivity index (χ3v) is 4.38. The number of ether oxygens (including phenoxy) is 1. The lowest BCUT2D eigenvalue weighted by molar-refractivity contribution is 0.0752. The van der Waals surface area contributed by atoms with Crippen molar-refractivity contribution in [2.45, 2.75) is 34.1 Å². The molecule has 1 aromatic rings. The van der Waals surface area contributed by atoms with Gasteiger partial charge in [-0.3, -0.25) is 4.79 Å². The lowest BCUT2D eigenvalue weighted by atomic mass is 10.00. The van der Waals surface area contributed by atoms with Crippen LogP contribution in [0.3, 0.4) is 0 Å². The quantitative estimate of drug-likeness (QED) is 0.842. The van der Waals surface area contributed by atoms with Crippen LogP contribution in [0.25, 0.3) is 0 Å². The molecule has 0 bridgehead atoms. The number of carbonyl (C=O) groups is 2. The molecule has 1 aliphatic rings. The molecular formula is C18H26N2O3. The first-order valence-electron chi connectivity index (χ1n) is 8.22. The Morgan fingerprint density at radius 2 is 1.57 bits per heavy atom. The molecule has 1 saturated heterocycles. The summed E-state index contributed by atoms with van der Waals surface area (Å²) in [5.41, 5.74) is 4.09. The van der Waals surface area contributed by atoms with Crippen molar-refractivity contribution in [3.8, 4) is 0 Å². The Morgan fingerprint density at radius 1 is 0.957 bits per heavy atom. The molecule has 0 spiro atoms. The summed E-state index contributed by atoms with van der Waals surface area (Å²) in [5.74, 6) is 0.0521. The number of rotatable bonds is 2. The highest BCUT2D eigenvalue weighted by atomic mass is 16.6. The predicted molar refractivity (Wildman–Crippen MR) is 89.8 cm³/mol. The lowest BCUT2D eigenvalue weighted by Gasteiger charge is -2.23. The number of hydrogen-bond donors (Lipinski definition) is 0. The van der Waals surface area contributed by atoms with Gasteiger partial charge in [0.05, 0.1) is 6.61 Å². The van der Waals surface area contributed by atoms with Crippen molar-refractivity contribution in [3.63, 3.8) is 0 Å². The summed E-state index contributed by atoms with van der Waals surface area (Å²) < 4.78 is 5.05.